The zero-order valence-electron chi connectivity index (χ0n) is 16.3. The van der Waals surface area contributed by atoms with Gasteiger partial charge in [0, 0.05) is 0 Å². The van der Waals surface area contributed by atoms with Gasteiger partial charge in [-0.15, -0.1) is 0 Å². The maximum Gasteiger partial charge on any atom is -0.0146 e. The van der Waals surface area contributed by atoms with Crippen LogP contribution in [0.1, 0.15) is 37.3 Å². The monoisotopic (exact) mass is 350 g/mol. The molecule has 0 nitrogen and oxygen atoms in total. The molecule has 3 aromatic rings. The minimum atomic E-state index is 1.12. The Hall–Kier alpha value is -2.86. The van der Waals surface area contributed by atoms with Crippen molar-refractivity contribution < 1.29 is 0 Å². The summed E-state index contributed by atoms with van der Waals surface area (Å²) in [4.78, 5) is 0. The van der Waals surface area contributed by atoms with Crippen LogP contribution in [0.15, 0.2) is 79.4 Å². The second-order valence-corrected chi connectivity index (χ2v) is 7.43. The van der Waals surface area contributed by atoms with Crippen molar-refractivity contribution in [3.05, 3.63) is 101 Å². The second kappa shape index (κ2) is 7.40. The number of fused-ring (bicyclic) bond motifs is 1. The Kier molecular flexibility index (Phi) is 4.81. The summed E-state index contributed by atoms with van der Waals surface area (Å²) in [6.07, 6.45) is 8.19. The molecule has 27 heavy (non-hydrogen) atoms. The highest BCUT2D eigenvalue weighted by Gasteiger charge is 2.10. The first-order chi connectivity index (χ1) is 13.2. The first-order valence-electron chi connectivity index (χ1n) is 9.80. The highest BCUT2D eigenvalue weighted by Crippen LogP contribution is 2.29. The molecule has 134 valence electrons. The van der Waals surface area contributed by atoms with E-state index < -0.39 is 0 Å². The molecule has 1 aliphatic carbocycles. The van der Waals surface area contributed by atoms with Gasteiger partial charge in [0.25, 0.3) is 0 Å². The van der Waals surface area contributed by atoms with Crippen LogP contribution in [-0.2, 0) is 0 Å². The molecule has 0 spiro atoms. The third kappa shape index (κ3) is 3.28. The van der Waals surface area contributed by atoms with E-state index in [0.29, 0.717) is 0 Å². The van der Waals surface area contributed by atoms with Gasteiger partial charge in [0.1, 0.15) is 0 Å². The molecule has 0 atom stereocenters. The van der Waals surface area contributed by atoms with Crippen molar-refractivity contribution in [2.75, 3.05) is 0 Å². The Morgan fingerprint density at radius 1 is 0.926 bits per heavy atom. The van der Waals surface area contributed by atoms with E-state index in [0.717, 1.165) is 12.0 Å². The minimum Gasteiger partial charge on any atom is -0.0909 e. The molecule has 0 unspecified atom stereocenters. The van der Waals surface area contributed by atoms with Crippen LogP contribution in [-0.4, -0.2) is 0 Å². The van der Waals surface area contributed by atoms with Crippen LogP contribution >= 0.6 is 0 Å². The third-order valence-corrected chi connectivity index (χ3v) is 5.79. The summed E-state index contributed by atoms with van der Waals surface area (Å²) < 4.78 is 0. The molecule has 0 radical (unpaired) electrons. The van der Waals surface area contributed by atoms with Crippen LogP contribution in [0.2, 0.25) is 0 Å². The van der Waals surface area contributed by atoms with Gasteiger partial charge in [0.2, 0.25) is 0 Å². The molecule has 0 bridgehead atoms. The van der Waals surface area contributed by atoms with Crippen LogP contribution in [0.5, 0.6) is 0 Å². The van der Waals surface area contributed by atoms with Gasteiger partial charge in [-0.3, -0.25) is 0 Å². The summed E-state index contributed by atoms with van der Waals surface area (Å²) >= 11 is 0. The van der Waals surface area contributed by atoms with Crippen LogP contribution in [0.3, 0.4) is 0 Å². The summed E-state index contributed by atoms with van der Waals surface area (Å²) in [6, 6.07) is 21.8. The van der Waals surface area contributed by atoms with Crippen molar-refractivity contribution in [1.29, 1.82) is 0 Å². The topological polar surface area (TPSA) is 0 Å². The van der Waals surface area contributed by atoms with Crippen molar-refractivity contribution in [3.8, 4) is 0 Å². The van der Waals surface area contributed by atoms with E-state index in [1.54, 1.807) is 0 Å². The van der Waals surface area contributed by atoms with E-state index in [-0.39, 0.29) is 0 Å². The van der Waals surface area contributed by atoms with Gasteiger partial charge in [-0.2, -0.15) is 0 Å². The van der Waals surface area contributed by atoms with Crippen molar-refractivity contribution in [3.63, 3.8) is 0 Å². The van der Waals surface area contributed by atoms with Gasteiger partial charge in [-0.25, -0.2) is 0 Å². The molecule has 0 heteroatoms. The lowest BCUT2D eigenvalue weighted by Gasteiger charge is -2.14. The van der Waals surface area contributed by atoms with Crippen molar-refractivity contribution in [2.24, 2.45) is 0 Å². The first kappa shape index (κ1) is 17.5. The summed E-state index contributed by atoms with van der Waals surface area (Å²) in [5.41, 5.74) is 6.37. The summed E-state index contributed by atoms with van der Waals surface area (Å²) in [5, 5.41) is 5.25. The van der Waals surface area contributed by atoms with E-state index >= 15 is 0 Å². The molecule has 4 rings (SSSR count). The summed E-state index contributed by atoms with van der Waals surface area (Å²) in [5.74, 6) is 0. The number of rotatable bonds is 2. The molecule has 0 saturated carbocycles. The van der Waals surface area contributed by atoms with Crippen LogP contribution in [0.25, 0.3) is 27.5 Å². The van der Waals surface area contributed by atoms with Gasteiger partial charge in [-0.05, 0) is 82.2 Å². The quantitative estimate of drug-likeness (QED) is 0.538. The zero-order chi connectivity index (χ0) is 18.8. The molecule has 1 aliphatic rings. The maximum atomic E-state index is 4.49. The van der Waals surface area contributed by atoms with E-state index in [4.69, 9.17) is 0 Å². The van der Waals surface area contributed by atoms with E-state index in [9.17, 15) is 0 Å². The van der Waals surface area contributed by atoms with E-state index in [1.165, 1.54) is 56.3 Å². The first-order valence-corrected chi connectivity index (χ1v) is 9.80. The zero-order valence-corrected chi connectivity index (χ0v) is 16.3. The molecule has 0 N–H and O–H groups in total. The number of benzene rings is 3. The van der Waals surface area contributed by atoms with E-state index in [1.807, 2.05) is 0 Å². The van der Waals surface area contributed by atoms with E-state index in [2.05, 4.69) is 93.2 Å². The Morgan fingerprint density at radius 2 is 1.70 bits per heavy atom. The lowest BCUT2D eigenvalue weighted by molar-refractivity contribution is 0.859. The third-order valence-electron chi connectivity index (χ3n) is 5.79. The van der Waals surface area contributed by atoms with Crippen molar-refractivity contribution in [1.82, 2.24) is 0 Å². The molecular formula is C27H26. The summed E-state index contributed by atoms with van der Waals surface area (Å²) in [7, 11) is 0. The SMILES string of the molecule is C=C(/C(C)=c1/cccc/c1=C1\C=CCCC1)c1ccc2ccccc2c1C. The average molecular weight is 351 g/mol. The van der Waals surface area contributed by atoms with Gasteiger partial charge < -0.3 is 0 Å². The molecule has 0 aliphatic heterocycles. The molecule has 0 amide bonds. The van der Waals surface area contributed by atoms with Gasteiger partial charge in [0.15, 0.2) is 0 Å². The van der Waals surface area contributed by atoms with Gasteiger partial charge >= 0.3 is 0 Å². The highest BCUT2D eigenvalue weighted by atomic mass is 14.1. The Balaban J connectivity index is 1.93. The predicted octanol–water partition coefficient (Wildman–Crippen LogP) is 5.92. The predicted molar refractivity (Wildman–Crippen MR) is 119 cm³/mol. The smallest absolute Gasteiger partial charge is 0.0146 e. The number of aryl methyl sites for hydroxylation is 1. The normalized spacial score (nSPS) is 17.1. The molecule has 0 heterocycles. The van der Waals surface area contributed by atoms with Crippen LogP contribution < -0.4 is 10.4 Å². The molecular weight excluding hydrogens is 324 g/mol. The Morgan fingerprint density at radius 3 is 2.52 bits per heavy atom. The van der Waals surface area contributed by atoms with Gasteiger partial charge in [0.05, 0.1) is 0 Å². The molecule has 0 fully saturated rings. The lowest BCUT2D eigenvalue weighted by atomic mass is 9.90. The number of allylic oxidation sites excluding steroid dienone is 3. The van der Waals surface area contributed by atoms with Crippen LogP contribution in [0, 0.1) is 6.92 Å². The molecule has 0 aromatic heterocycles. The van der Waals surface area contributed by atoms with Crippen molar-refractivity contribution >= 4 is 27.5 Å². The Bertz CT molecular complexity index is 1170. The van der Waals surface area contributed by atoms with Crippen LogP contribution in [0.4, 0.5) is 0 Å². The molecule has 3 aromatic carbocycles. The second-order valence-electron chi connectivity index (χ2n) is 7.43. The Labute approximate surface area is 161 Å². The highest BCUT2D eigenvalue weighted by molar-refractivity contribution is 6.00. The van der Waals surface area contributed by atoms with Crippen molar-refractivity contribution in [2.45, 2.75) is 33.1 Å². The fourth-order valence-corrected chi connectivity index (χ4v) is 4.15. The lowest BCUT2D eigenvalue weighted by Crippen LogP contribution is -2.28. The summed E-state index contributed by atoms with van der Waals surface area (Å²) in [6.45, 7) is 8.91. The minimum absolute atomic E-state index is 1.12. The number of hydrogen-bond donors (Lipinski definition) is 0. The number of hydrogen-bond acceptors (Lipinski definition) is 0. The fraction of sp³-hybridized carbons (Fsp3) is 0.185. The average Bonchev–Trinajstić information content (AvgIpc) is 2.74. The van der Waals surface area contributed by atoms with Gasteiger partial charge in [-0.1, -0.05) is 79.4 Å². The molecule has 0 saturated heterocycles. The maximum absolute atomic E-state index is 4.49. The standard InChI is InChI=1S/C27H26/c1-19(24-18-17-23-13-7-8-14-25(23)21(24)3)20(2)26-15-9-10-16-27(26)22-11-5-4-6-12-22/h5,7-11,13-18H,1,4,6,12H2,2-3H3/b26-20-,27-22-. The largest absolute Gasteiger partial charge is 0.0909 e. The fourth-order valence-electron chi connectivity index (χ4n) is 4.15.